The highest BCUT2D eigenvalue weighted by molar-refractivity contribution is 7.80. The Morgan fingerprint density at radius 1 is 1.60 bits per heavy atom. The molecule has 0 aliphatic rings. The Hall–Kier alpha value is -1.27. The van der Waals surface area contributed by atoms with Crippen molar-refractivity contribution in [3.63, 3.8) is 0 Å². The highest BCUT2D eigenvalue weighted by Crippen LogP contribution is 2.17. The second-order valence-electron chi connectivity index (χ2n) is 2.91. The molecule has 0 radical (unpaired) electrons. The predicted octanol–water partition coefficient (Wildman–Crippen LogP) is 1.91. The lowest BCUT2D eigenvalue weighted by Crippen LogP contribution is -2.05. The van der Waals surface area contributed by atoms with E-state index in [-0.39, 0.29) is 16.9 Å². The van der Waals surface area contributed by atoms with Gasteiger partial charge in [-0.15, -0.1) is 0 Å². The van der Waals surface area contributed by atoms with E-state index in [2.05, 4.69) is 4.72 Å². The summed E-state index contributed by atoms with van der Waals surface area (Å²) in [6.45, 7) is 0.575. The normalized spacial score (nSPS) is 12.2. The van der Waals surface area contributed by atoms with Crippen LogP contribution >= 0.6 is 0 Å². The summed E-state index contributed by atoms with van der Waals surface area (Å²) in [5, 5.41) is 0. The molecule has 15 heavy (non-hydrogen) atoms. The number of Topliss-reactive ketones (excluding diaryl/α,β-unsaturated/α-hetero) is 1. The summed E-state index contributed by atoms with van der Waals surface area (Å²) in [4.78, 5) is 11.1. The molecule has 0 saturated heterocycles. The third kappa shape index (κ3) is 3.10. The number of halogens is 1. The Morgan fingerprint density at radius 2 is 2.27 bits per heavy atom. The molecule has 1 rings (SSSR count). The van der Waals surface area contributed by atoms with Gasteiger partial charge in [0.05, 0.1) is 0 Å². The van der Waals surface area contributed by atoms with Crippen LogP contribution in [-0.2, 0) is 17.9 Å². The summed E-state index contributed by atoms with van der Waals surface area (Å²) in [6, 6.07) is 4.20. The second-order valence-corrected chi connectivity index (χ2v) is 3.62. The van der Waals surface area contributed by atoms with Crippen molar-refractivity contribution in [2.24, 2.45) is 0 Å². The van der Waals surface area contributed by atoms with Gasteiger partial charge in [0.1, 0.15) is 6.67 Å². The maximum absolute atomic E-state index is 12.5. The monoisotopic (exact) mass is 231 g/mol. The molecule has 0 fully saturated rings. The van der Waals surface area contributed by atoms with Gasteiger partial charge in [-0.3, -0.25) is 14.1 Å². The van der Waals surface area contributed by atoms with Crippen LogP contribution in [0.3, 0.4) is 0 Å². The van der Waals surface area contributed by atoms with Gasteiger partial charge in [0.25, 0.3) is 11.3 Å². The van der Waals surface area contributed by atoms with Crippen molar-refractivity contribution in [2.45, 2.75) is 13.6 Å². The van der Waals surface area contributed by atoms with E-state index in [4.69, 9.17) is 4.55 Å². The van der Waals surface area contributed by atoms with E-state index >= 15 is 0 Å². The van der Waals surface area contributed by atoms with Crippen molar-refractivity contribution in [3.8, 4) is 0 Å². The fraction of sp³-hybridized carbons (Fsp3) is 0.222. The van der Waals surface area contributed by atoms with Gasteiger partial charge in [-0.1, -0.05) is 6.07 Å². The van der Waals surface area contributed by atoms with E-state index in [9.17, 15) is 13.4 Å². The minimum absolute atomic E-state index is 0.216. The molecular weight excluding hydrogens is 221 g/mol. The topological polar surface area (TPSA) is 66.4 Å². The van der Waals surface area contributed by atoms with Crippen molar-refractivity contribution in [1.29, 1.82) is 0 Å². The summed E-state index contributed by atoms with van der Waals surface area (Å²) in [7, 11) is 0. The fourth-order valence-electron chi connectivity index (χ4n) is 1.19. The SMILES string of the molecule is CC(=O)c1cc(NS(=O)O)ccc1CF. The minimum atomic E-state index is -2.20. The zero-order chi connectivity index (χ0) is 11.4. The zero-order valence-electron chi connectivity index (χ0n) is 7.99. The molecule has 0 aliphatic heterocycles. The van der Waals surface area contributed by atoms with Gasteiger partial charge in [0, 0.05) is 11.3 Å². The standard InChI is InChI=1S/C9H10FNO3S/c1-6(12)9-4-8(11-15(13)14)3-2-7(9)5-10/h2-4,11H,5H2,1H3,(H,13,14). The molecule has 0 saturated carbocycles. The van der Waals surface area contributed by atoms with Gasteiger partial charge >= 0.3 is 0 Å². The maximum Gasteiger partial charge on any atom is 0.259 e. The minimum Gasteiger partial charge on any atom is -0.294 e. The number of carbonyl (C=O) groups is 1. The van der Waals surface area contributed by atoms with Gasteiger partial charge in [-0.2, -0.15) is 0 Å². The molecule has 0 aromatic heterocycles. The number of carbonyl (C=O) groups excluding carboxylic acids is 1. The average Bonchev–Trinajstić information content (AvgIpc) is 2.16. The molecule has 0 heterocycles. The smallest absolute Gasteiger partial charge is 0.259 e. The lowest BCUT2D eigenvalue weighted by Gasteiger charge is -2.06. The van der Waals surface area contributed by atoms with Crippen molar-refractivity contribution >= 4 is 22.7 Å². The van der Waals surface area contributed by atoms with Gasteiger partial charge in [-0.25, -0.2) is 8.60 Å². The van der Waals surface area contributed by atoms with Gasteiger partial charge < -0.3 is 0 Å². The van der Waals surface area contributed by atoms with Crippen LogP contribution in [0.5, 0.6) is 0 Å². The quantitative estimate of drug-likeness (QED) is 0.614. The van der Waals surface area contributed by atoms with Crippen molar-refractivity contribution < 1.29 is 17.9 Å². The summed E-state index contributed by atoms with van der Waals surface area (Å²) < 4.78 is 33.7. The number of rotatable bonds is 4. The Bertz CT molecular complexity index is 408. The fourth-order valence-corrected chi connectivity index (χ4v) is 1.51. The van der Waals surface area contributed by atoms with Crippen molar-refractivity contribution in [1.82, 2.24) is 0 Å². The van der Waals surface area contributed by atoms with Crippen LogP contribution in [0.25, 0.3) is 0 Å². The molecular formula is C9H10FNO3S. The largest absolute Gasteiger partial charge is 0.294 e. The first-order valence-electron chi connectivity index (χ1n) is 4.12. The van der Waals surface area contributed by atoms with Crippen LogP contribution in [0, 0.1) is 0 Å². The van der Waals surface area contributed by atoms with Crippen LogP contribution in [0.4, 0.5) is 10.1 Å². The summed E-state index contributed by atoms with van der Waals surface area (Å²) in [5.74, 6) is -0.282. The second kappa shape index (κ2) is 4.99. The number of nitrogens with one attached hydrogen (secondary N) is 1. The van der Waals surface area contributed by atoms with Crippen LogP contribution in [0.1, 0.15) is 22.8 Å². The molecule has 0 amide bonds. The van der Waals surface area contributed by atoms with Crippen LogP contribution in [-0.4, -0.2) is 14.5 Å². The van der Waals surface area contributed by atoms with E-state index < -0.39 is 17.9 Å². The number of hydrogen-bond acceptors (Lipinski definition) is 2. The molecule has 1 aromatic rings. The zero-order valence-corrected chi connectivity index (χ0v) is 8.81. The lowest BCUT2D eigenvalue weighted by atomic mass is 10.0. The molecule has 6 heteroatoms. The Kier molecular flexibility index (Phi) is 3.93. The lowest BCUT2D eigenvalue weighted by molar-refractivity contribution is 0.101. The van der Waals surface area contributed by atoms with Crippen LogP contribution in [0.2, 0.25) is 0 Å². The molecule has 4 nitrogen and oxygen atoms in total. The average molecular weight is 231 g/mol. The number of ketones is 1. The molecule has 0 spiro atoms. The number of anilines is 1. The van der Waals surface area contributed by atoms with E-state index in [1.165, 1.54) is 25.1 Å². The molecule has 2 N–H and O–H groups in total. The van der Waals surface area contributed by atoms with E-state index in [1.807, 2.05) is 0 Å². The third-order valence-electron chi connectivity index (χ3n) is 1.84. The summed E-state index contributed by atoms with van der Waals surface area (Å²) in [6.07, 6.45) is 0. The first-order chi connectivity index (χ1) is 7.04. The predicted molar refractivity (Wildman–Crippen MR) is 55.7 cm³/mol. The van der Waals surface area contributed by atoms with E-state index in [1.54, 1.807) is 0 Å². The van der Waals surface area contributed by atoms with Crippen LogP contribution in [0.15, 0.2) is 18.2 Å². The van der Waals surface area contributed by atoms with Crippen molar-refractivity contribution in [2.75, 3.05) is 4.72 Å². The Balaban J connectivity index is 3.10. The van der Waals surface area contributed by atoms with E-state index in [0.29, 0.717) is 5.69 Å². The number of benzene rings is 1. The maximum atomic E-state index is 12.5. The highest BCUT2D eigenvalue weighted by atomic mass is 32.2. The molecule has 1 atom stereocenters. The molecule has 0 bridgehead atoms. The number of alkyl halides is 1. The first kappa shape index (κ1) is 11.8. The number of hydrogen-bond donors (Lipinski definition) is 2. The summed E-state index contributed by atoms with van der Waals surface area (Å²) >= 11 is -2.20. The Morgan fingerprint density at radius 3 is 2.73 bits per heavy atom. The molecule has 1 aromatic carbocycles. The van der Waals surface area contributed by atoms with E-state index in [0.717, 1.165) is 0 Å². The highest BCUT2D eigenvalue weighted by Gasteiger charge is 2.08. The van der Waals surface area contributed by atoms with Gasteiger partial charge in [-0.05, 0) is 24.6 Å². The molecule has 82 valence electrons. The Labute approximate surface area is 88.9 Å². The molecule has 1 unspecified atom stereocenters. The van der Waals surface area contributed by atoms with Crippen molar-refractivity contribution in [3.05, 3.63) is 29.3 Å². The summed E-state index contributed by atoms with van der Waals surface area (Å²) in [5.41, 5.74) is 0.794. The molecule has 0 aliphatic carbocycles. The van der Waals surface area contributed by atoms with Gasteiger partial charge in [0.15, 0.2) is 5.78 Å². The van der Waals surface area contributed by atoms with Gasteiger partial charge in [0.2, 0.25) is 0 Å². The first-order valence-corrected chi connectivity index (χ1v) is 5.22. The van der Waals surface area contributed by atoms with Crippen LogP contribution < -0.4 is 4.72 Å². The third-order valence-corrected chi connectivity index (χ3v) is 2.25.